The molecule has 0 amide bonds. The zero-order valence-electron chi connectivity index (χ0n) is 35.5. The van der Waals surface area contributed by atoms with E-state index in [9.17, 15) is 0 Å². The molecule has 0 aliphatic heterocycles. The first-order valence-electron chi connectivity index (χ1n) is 22.3. The van der Waals surface area contributed by atoms with Crippen molar-refractivity contribution in [3.63, 3.8) is 0 Å². The fourth-order valence-electron chi connectivity index (χ4n) is 10.2. The van der Waals surface area contributed by atoms with Gasteiger partial charge >= 0.3 is 0 Å². The minimum absolute atomic E-state index is 1.11. The van der Waals surface area contributed by atoms with Crippen molar-refractivity contribution in [3.8, 4) is 61.6 Å². The van der Waals surface area contributed by atoms with Gasteiger partial charge in [-0.2, -0.15) is 0 Å². The summed E-state index contributed by atoms with van der Waals surface area (Å²) in [6, 6.07) is 88.5. The van der Waals surface area contributed by atoms with Crippen molar-refractivity contribution in [2.75, 3.05) is 0 Å². The smallest absolute Gasteiger partial charge is 0.0635 e. The average molecular weight is 828 g/mol. The van der Waals surface area contributed by atoms with E-state index in [1.165, 1.54) is 93.5 Å². The van der Waals surface area contributed by atoms with Crippen molar-refractivity contribution in [3.05, 3.63) is 249 Å². The molecule has 3 aromatic heterocycles. The quantitative estimate of drug-likeness (QED) is 0.152. The SMILES string of the molecule is c1ccc(-c2cc(-c3ccccc3)cc(-n3ccc4c3ccc3c5ccccc5n(-c5cccc(-n6c7ccc(-c8ccccc8)cc7c7cc(-c8ccccc8)ccc76)c5)c34)c2)cc1. The third-order valence-corrected chi connectivity index (χ3v) is 13.2. The van der Waals surface area contributed by atoms with E-state index >= 15 is 0 Å². The Labute approximate surface area is 376 Å². The predicted molar refractivity (Wildman–Crippen MR) is 274 cm³/mol. The van der Waals surface area contributed by atoms with Gasteiger partial charge in [0, 0.05) is 50.2 Å². The monoisotopic (exact) mass is 827 g/mol. The molecule has 0 bridgehead atoms. The van der Waals surface area contributed by atoms with Gasteiger partial charge in [0.15, 0.2) is 0 Å². The lowest BCUT2D eigenvalue weighted by Crippen LogP contribution is -1.99. The van der Waals surface area contributed by atoms with Gasteiger partial charge in [0.2, 0.25) is 0 Å². The van der Waals surface area contributed by atoms with E-state index < -0.39 is 0 Å². The second-order valence-corrected chi connectivity index (χ2v) is 17.0. The van der Waals surface area contributed by atoms with Crippen LogP contribution in [-0.4, -0.2) is 13.7 Å². The number of benzene rings is 10. The molecule has 10 aromatic carbocycles. The van der Waals surface area contributed by atoms with Crippen LogP contribution in [0.1, 0.15) is 0 Å². The highest BCUT2D eigenvalue weighted by Gasteiger charge is 2.20. The summed E-state index contributed by atoms with van der Waals surface area (Å²) in [7, 11) is 0. The third-order valence-electron chi connectivity index (χ3n) is 13.2. The van der Waals surface area contributed by atoms with E-state index in [0.717, 1.165) is 22.6 Å². The van der Waals surface area contributed by atoms with Gasteiger partial charge in [0.05, 0.1) is 27.6 Å². The molecule has 0 aliphatic carbocycles. The Morgan fingerprint density at radius 2 is 0.692 bits per heavy atom. The van der Waals surface area contributed by atoms with Crippen LogP contribution in [0.15, 0.2) is 249 Å². The Hall–Kier alpha value is -8.66. The summed E-state index contributed by atoms with van der Waals surface area (Å²) in [6.07, 6.45) is 2.24. The number of nitrogens with zero attached hydrogens (tertiary/aromatic N) is 3. The molecule has 0 fully saturated rings. The molecule has 0 spiro atoms. The molecule has 3 nitrogen and oxygen atoms in total. The van der Waals surface area contributed by atoms with Crippen LogP contribution >= 0.6 is 0 Å². The van der Waals surface area contributed by atoms with Crippen LogP contribution in [0.3, 0.4) is 0 Å². The number of hydrogen-bond donors (Lipinski definition) is 0. The summed E-state index contributed by atoms with van der Waals surface area (Å²) in [4.78, 5) is 0. The minimum Gasteiger partial charge on any atom is -0.316 e. The third kappa shape index (κ3) is 6.12. The maximum atomic E-state index is 2.48. The number of rotatable bonds is 7. The molecule has 3 heteroatoms. The highest BCUT2D eigenvalue weighted by Crippen LogP contribution is 2.41. The zero-order valence-corrected chi connectivity index (χ0v) is 35.5. The molecule has 0 aliphatic rings. The predicted octanol–water partition coefficient (Wildman–Crippen LogP) is 16.5. The lowest BCUT2D eigenvalue weighted by molar-refractivity contribution is 1.13. The highest BCUT2D eigenvalue weighted by molar-refractivity contribution is 6.18. The Bertz CT molecular complexity index is 3760. The lowest BCUT2D eigenvalue weighted by Gasteiger charge is -2.14. The van der Waals surface area contributed by atoms with Gasteiger partial charge in [-0.1, -0.05) is 164 Å². The molecule has 13 rings (SSSR count). The molecular formula is C62H41N3. The second kappa shape index (κ2) is 15.0. The molecule has 0 saturated carbocycles. The number of aromatic nitrogens is 3. The van der Waals surface area contributed by atoms with E-state index in [4.69, 9.17) is 0 Å². The van der Waals surface area contributed by atoms with Crippen molar-refractivity contribution in [1.82, 2.24) is 13.7 Å². The molecule has 0 saturated heterocycles. The lowest BCUT2D eigenvalue weighted by atomic mass is 9.98. The second-order valence-electron chi connectivity index (χ2n) is 17.0. The van der Waals surface area contributed by atoms with Gasteiger partial charge in [-0.15, -0.1) is 0 Å². The maximum absolute atomic E-state index is 2.48. The average Bonchev–Trinajstić information content (AvgIpc) is 4.07. The standard InChI is InChI=1S/C62H41N3/c1-5-16-42(17-6-1)46-28-31-60-56(39-46)57-40-47(43-18-7-2-8-19-43)29-32-61(57)64(60)50-24-15-25-51(41-50)65-59-27-14-13-26-53(59)54-30-33-58-55(62(54)65)34-35-63(58)52-37-48(44-20-9-3-10-21-44)36-49(38-52)45-22-11-4-12-23-45/h1-41H. The summed E-state index contributed by atoms with van der Waals surface area (Å²) >= 11 is 0. The Kier molecular flexibility index (Phi) is 8.53. The fourth-order valence-corrected chi connectivity index (χ4v) is 10.2. The molecule has 65 heavy (non-hydrogen) atoms. The first-order chi connectivity index (χ1) is 32.2. The van der Waals surface area contributed by atoms with Crippen LogP contribution in [0.25, 0.3) is 116 Å². The summed E-state index contributed by atoms with van der Waals surface area (Å²) in [6.45, 7) is 0. The zero-order chi connectivity index (χ0) is 42.8. The maximum Gasteiger partial charge on any atom is 0.0635 e. The Morgan fingerprint density at radius 3 is 1.26 bits per heavy atom. The van der Waals surface area contributed by atoms with Crippen LogP contribution in [0.5, 0.6) is 0 Å². The van der Waals surface area contributed by atoms with Gasteiger partial charge in [-0.05, 0) is 123 Å². The van der Waals surface area contributed by atoms with Crippen LogP contribution < -0.4 is 0 Å². The molecule has 0 N–H and O–H groups in total. The van der Waals surface area contributed by atoms with E-state index in [0.29, 0.717) is 0 Å². The van der Waals surface area contributed by atoms with Gasteiger partial charge in [0.25, 0.3) is 0 Å². The first kappa shape index (κ1) is 36.9. The number of para-hydroxylation sites is 1. The molecule has 0 unspecified atom stereocenters. The number of fused-ring (bicyclic) bond motifs is 8. The molecular weight excluding hydrogens is 787 g/mol. The van der Waals surface area contributed by atoms with Gasteiger partial charge in [-0.25, -0.2) is 0 Å². The van der Waals surface area contributed by atoms with Crippen LogP contribution in [0.2, 0.25) is 0 Å². The molecule has 13 aromatic rings. The van der Waals surface area contributed by atoms with E-state index in [2.05, 4.69) is 263 Å². The highest BCUT2D eigenvalue weighted by atomic mass is 15.0. The summed E-state index contributed by atoms with van der Waals surface area (Å²) in [5.74, 6) is 0. The van der Waals surface area contributed by atoms with Crippen LogP contribution in [0.4, 0.5) is 0 Å². The molecule has 3 heterocycles. The van der Waals surface area contributed by atoms with Crippen molar-refractivity contribution in [2.45, 2.75) is 0 Å². The van der Waals surface area contributed by atoms with Gasteiger partial charge in [0.1, 0.15) is 0 Å². The van der Waals surface area contributed by atoms with E-state index in [1.807, 2.05) is 0 Å². The Balaban J connectivity index is 1.01. The first-order valence-corrected chi connectivity index (χ1v) is 22.3. The summed E-state index contributed by atoms with van der Waals surface area (Å²) in [5, 5.41) is 6.14. The van der Waals surface area contributed by atoms with Crippen LogP contribution in [-0.2, 0) is 0 Å². The van der Waals surface area contributed by atoms with Gasteiger partial charge in [-0.3, -0.25) is 0 Å². The molecule has 0 atom stereocenters. The topological polar surface area (TPSA) is 14.8 Å². The van der Waals surface area contributed by atoms with Crippen molar-refractivity contribution < 1.29 is 0 Å². The van der Waals surface area contributed by atoms with Crippen molar-refractivity contribution >= 4 is 54.5 Å². The summed E-state index contributed by atoms with van der Waals surface area (Å²) in [5.41, 5.74) is 18.9. The minimum atomic E-state index is 1.11. The van der Waals surface area contributed by atoms with E-state index in [-0.39, 0.29) is 0 Å². The van der Waals surface area contributed by atoms with E-state index in [1.54, 1.807) is 0 Å². The summed E-state index contributed by atoms with van der Waals surface area (Å²) < 4.78 is 7.28. The molecule has 304 valence electrons. The van der Waals surface area contributed by atoms with Crippen LogP contribution in [0, 0.1) is 0 Å². The largest absolute Gasteiger partial charge is 0.316 e. The fraction of sp³-hybridized carbons (Fsp3) is 0. The van der Waals surface area contributed by atoms with Crippen molar-refractivity contribution in [1.29, 1.82) is 0 Å². The van der Waals surface area contributed by atoms with Crippen molar-refractivity contribution in [2.24, 2.45) is 0 Å². The molecule has 0 radical (unpaired) electrons. The van der Waals surface area contributed by atoms with Gasteiger partial charge < -0.3 is 13.7 Å². The number of hydrogen-bond acceptors (Lipinski definition) is 0. The normalized spacial score (nSPS) is 11.7. The Morgan fingerprint density at radius 1 is 0.215 bits per heavy atom.